The minimum absolute atomic E-state index is 0.0801. The van der Waals surface area contributed by atoms with Gasteiger partial charge in [-0.15, -0.1) is 5.10 Å². The fourth-order valence-corrected chi connectivity index (χ4v) is 5.19. The molecule has 3 aromatic rings. The molecule has 0 spiro atoms. The number of nitrogens with zero attached hydrogens (tertiary/aromatic N) is 7. The number of carbonyl (C=O) groups is 2. The van der Waals surface area contributed by atoms with Crippen LogP contribution in [0.5, 0.6) is 0 Å². The van der Waals surface area contributed by atoms with Crippen LogP contribution in [-0.2, 0) is 11.8 Å². The van der Waals surface area contributed by atoms with Gasteiger partial charge >= 0.3 is 5.97 Å². The second-order valence-electron chi connectivity index (χ2n) is 9.86. The van der Waals surface area contributed by atoms with E-state index in [1.807, 2.05) is 13.0 Å². The van der Waals surface area contributed by atoms with Crippen LogP contribution in [0.4, 0.5) is 14.5 Å². The second kappa shape index (κ2) is 9.56. The first-order valence-corrected chi connectivity index (χ1v) is 12.2. The normalized spacial score (nSPS) is 19.5. The van der Waals surface area contributed by atoms with Crippen molar-refractivity contribution >= 4 is 17.4 Å². The molecule has 194 valence electrons. The van der Waals surface area contributed by atoms with Gasteiger partial charge in [-0.2, -0.15) is 0 Å². The number of hydrogen-bond acceptors (Lipinski definition) is 8. The van der Waals surface area contributed by atoms with Crippen molar-refractivity contribution in [2.24, 2.45) is 13.0 Å². The average Bonchev–Trinajstić information content (AvgIpc) is 3.23. The zero-order valence-electron chi connectivity index (χ0n) is 20.6. The van der Waals surface area contributed by atoms with Gasteiger partial charge in [-0.05, 0) is 43.9 Å². The third kappa shape index (κ3) is 5.05. The van der Waals surface area contributed by atoms with Gasteiger partial charge < -0.3 is 10.0 Å². The molecule has 1 saturated carbocycles. The monoisotopic (exact) mass is 511 g/mol. The topological polar surface area (TPSA) is 127 Å². The van der Waals surface area contributed by atoms with E-state index in [1.165, 1.54) is 10.9 Å². The van der Waals surface area contributed by atoms with Crippen LogP contribution in [0.25, 0.3) is 11.4 Å². The molecule has 0 bridgehead atoms. The predicted octanol–water partition coefficient (Wildman–Crippen LogP) is 3.41. The molecule has 0 aromatic carbocycles. The van der Waals surface area contributed by atoms with Gasteiger partial charge in [-0.3, -0.25) is 9.59 Å². The number of rotatable bonds is 7. The number of alkyl halides is 2. The van der Waals surface area contributed by atoms with Crippen LogP contribution in [0.1, 0.15) is 65.7 Å². The first-order valence-electron chi connectivity index (χ1n) is 12.2. The number of carbonyl (C=O) groups excluding carboxylic acids is 1. The minimum atomic E-state index is -2.69. The van der Waals surface area contributed by atoms with Crippen molar-refractivity contribution in [3.05, 3.63) is 47.3 Å². The molecule has 37 heavy (non-hydrogen) atoms. The molecule has 0 radical (unpaired) electrons. The number of ketones is 1. The zero-order valence-corrected chi connectivity index (χ0v) is 20.6. The van der Waals surface area contributed by atoms with Crippen molar-refractivity contribution in [2.45, 2.75) is 50.9 Å². The molecule has 3 aromatic heterocycles. The Kier molecular flexibility index (Phi) is 6.42. The highest BCUT2D eigenvalue weighted by Crippen LogP contribution is 2.47. The number of piperidine rings is 1. The molecule has 2 aliphatic rings. The highest BCUT2D eigenvalue weighted by Gasteiger charge is 2.46. The molecule has 12 heteroatoms. The molecule has 1 unspecified atom stereocenters. The van der Waals surface area contributed by atoms with Crippen molar-refractivity contribution in [2.75, 3.05) is 18.0 Å². The van der Waals surface area contributed by atoms with Crippen LogP contribution < -0.4 is 4.90 Å². The molecule has 1 aliphatic heterocycles. The predicted molar refractivity (Wildman–Crippen MR) is 129 cm³/mol. The Morgan fingerprint density at radius 1 is 1.19 bits per heavy atom. The van der Waals surface area contributed by atoms with Gasteiger partial charge in [-0.1, -0.05) is 5.21 Å². The number of aryl methyl sites for hydroxylation is 2. The van der Waals surface area contributed by atoms with E-state index < -0.39 is 23.6 Å². The summed E-state index contributed by atoms with van der Waals surface area (Å²) in [6.45, 7) is 3.32. The largest absolute Gasteiger partial charge is 0.481 e. The van der Waals surface area contributed by atoms with Crippen molar-refractivity contribution in [1.29, 1.82) is 0 Å². The van der Waals surface area contributed by atoms with E-state index in [2.05, 4.69) is 30.2 Å². The summed E-state index contributed by atoms with van der Waals surface area (Å²) in [5, 5.41) is 17.3. The summed E-state index contributed by atoms with van der Waals surface area (Å²) < 4.78 is 28.0. The Hall–Kier alpha value is -3.83. The summed E-state index contributed by atoms with van der Waals surface area (Å²) in [6.07, 6.45) is 2.74. The Balaban J connectivity index is 1.40. The lowest BCUT2D eigenvalue weighted by molar-refractivity contribution is -0.138. The first-order chi connectivity index (χ1) is 17.6. The SMILES string of the molecule is Cc1nc(-c2nnn(C)c2C(=O)c2nccc(C3CC(F)(F)C3)n2)ccc1N1CCCC(CC(=O)O)C1. The molecule has 0 amide bonds. The van der Waals surface area contributed by atoms with Gasteiger partial charge in [-0.25, -0.2) is 28.4 Å². The fourth-order valence-electron chi connectivity index (χ4n) is 5.19. The van der Waals surface area contributed by atoms with E-state index in [4.69, 9.17) is 5.11 Å². The molecule has 5 rings (SSSR count). The molecule has 1 N–H and O–H groups in total. The summed E-state index contributed by atoms with van der Waals surface area (Å²) in [4.78, 5) is 39.8. The number of pyridine rings is 1. The number of carboxylic acid groups (broad SMARTS) is 1. The third-order valence-electron chi connectivity index (χ3n) is 7.05. The molecule has 10 nitrogen and oxygen atoms in total. The summed E-state index contributed by atoms with van der Waals surface area (Å²) in [6, 6.07) is 5.22. The van der Waals surface area contributed by atoms with Crippen LogP contribution in [0.15, 0.2) is 24.4 Å². The summed E-state index contributed by atoms with van der Waals surface area (Å²) in [5.74, 6) is -4.44. The van der Waals surface area contributed by atoms with Crippen LogP contribution in [0.3, 0.4) is 0 Å². The fraction of sp³-hybridized carbons (Fsp3) is 0.480. The summed E-state index contributed by atoms with van der Waals surface area (Å²) in [5.41, 5.74) is 2.92. The van der Waals surface area contributed by atoms with E-state index >= 15 is 0 Å². The Morgan fingerprint density at radius 3 is 2.68 bits per heavy atom. The molecule has 2 fully saturated rings. The van der Waals surface area contributed by atoms with Gasteiger partial charge in [0.2, 0.25) is 11.7 Å². The van der Waals surface area contributed by atoms with Gasteiger partial charge in [0.25, 0.3) is 5.78 Å². The molecular formula is C25H27F2N7O3. The van der Waals surface area contributed by atoms with Gasteiger partial charge in [0.15, 0.2) is 0 Å². The van der Waals surface area contributed by atoms with Crippen LogP contribution in [-0.4, -0.2) is 65.8 Å². The Bertz CT molecular complexity index is 1350. The van der Waals surface area contributed by atoms with Gasteiger partial charge in [0.05, 0.1) is 17.1 Å². The molecular weight excluding hydrogens is 484 g/mol. The van der Waals surface area contributed by atoms with E-state index in [9.17, 15) is 18.4 Å². The van der Waals surface area contributed by atoms with E-state index in [-0.39, 0.29) is 42.4 Å². The molecule has 4 heterocycles. The average molecular weight is 512 g/mol. The Morgan fingerprint density at radius 2 is 1.97 bits per heavy atom. The maximum absolute atomic E-state index is 13.4. The third-order valence-corrected chi connectivity index (χ3v) is 7.05. The lowest BCUT2D eigenvalue weighted by Crippen LogP contribution is -2.36. The minimum Gasteiger partial charge on any atom is -0.481 e. The van der Waals surface area contributed by atoms with Crippen LogP contribution in [0.2, 0.25) is 0 Å². The zero-order chi connectivity index (χ0) is 26.3. The lowest BCUT2D eigenvalue weighted by atomic mass is 9.79. The first kappa shape index (κ1) is 24.8. The number of hydrogen-bond donors (Lipinski definition) is 1. The van der Waals surface area contributed by atoms with Crippen LogP contribution in [0, 0.1) is 12.8 Å². The summed E-state index contributed by atoms with van der Waals surface area (Å²) in [7, 11) is 1.58. The highest BCUT2D eigenvalue weighted by molar-refractivity contribution is 6.08. The number of aromatic nitrogens is 6. The molecule has 1 aliphatic carbocycles. The lowest BCUT2D eigenvalue weighted by Gasteiger charge is -2.34. The molecule has 1 saturated heterocycles. The number of aliphatic carboxylic acids is 1. The smallest absolute Gasteiger partial charge is 0.303 e. The van der Waals surface area contributed by atoms with Crippen molar-refractivity contribution in [1.82, 2.24) is 29.9 Å². The van der Waals surface area contributed by atoms with Gasteiger partial charge in [0.1, 0.15) is 11.4 Å². The maximum Gasteiger partial charge on any atom is 0.303 e. The maximum atomic E-state index is 13.4. The number of anilines is 1. The molecule has 1 atom stereocenters. The second-order valence-corrected chi connectivity index (χ2v) is 9.86. The van der Waals surface area contributed by atoms with E-state index in [0.29, 0.717) is 17.9 Å². The Labute approximate surface area is 211 Å². The van der Waals surface area contributed by atoms with E-state index in [1.54, 1.807) is 19.2 Å². The van der Waals surface area contributed by atoms with Gasteiger partial charge in [0, 0.05) is 57.2 Å². The quantitative estimate of drug-likeness (QED) is 0.475. The van der Waals surface area contributed by atoms with Crippen molar-refractivity contribution in [3.63, 3.8) is 0 Å². The standard InChI is InChI=1S/C25H27F2N7O3/c1-14-19(34-9-3-4-15(13-34)10-20(35)36)6-5-18(29-14)21-22(33(2)32-31-21)23(37)24-28-8-7-17(30-24)16-11-25(26,27)12-16/h5-8,15-16H,3-4,9-13H2,1-2H3,(H,35,36). The van der Waals surface area contributed by atoms with Crippen LogP contribution >= 0.6 is 0 Å². The number of halogens is 2. The highest BCUT2D eigenvalue weighted by atomic mass is 19.3. The van der Waals surface area contributed by atoms with E-state index in [0.717, 1.165) is 30.8 Å². The van der Waals surface area contributed by atoms with Crippen molar-refractivity contribution < 1.29 is 23.5 Å². The number of carboxylic acids is 1. The van der Waals surface area contributed by atoms with Crippen molar-refractivity contribution in [3.8, 4) is 11.4 Å². The summed E-state index contributed by atoms with van der Waals surface area (Å²) >= 11 is 0.